The zero-order chi connectivity index (χ0) is 24.4. The van der Waals surface area contributed by atoms with E-state index in [0.29, 0.717) is 13.1 Å². The van der Waals surface area contributed by atoms with Gasteiger partial charge in [-0.1, -0.05) is 0 Å². The summed E-state index contributed by atoms with van der Waals surface area (Å²) in [5, 5.41) is 6.93. The second kappa shape index (κ2) is 13.6. The van der Waals surface area contributed by atoms with Crippen molar-refractivity contribution >= 4 is 44.0 Å². The van der Waals surface area contributed by atoms with Gasteiger partial charge in [0.25, 0.3) is 0 Å². The zero-order valence-electron chi connectivity index (χ0n) is 19.0. The molecule has 0 aliphatic rings. The van der Waals surface area contributed by atoms with Crippen LogP contribution in [-0.2, 0) is 35.9 Å². The molecule has 3 unspecified atom stereocenters. The number of esters is 1. The van der Waals surface area contributed by atoms with Gasteiger partial charge in [0.1, 0.15) is 28.2 Å². The molecule has 31 heavy (non-hydrogen) atoms. The number of aliphatic carboxylic acids is 1. The van der Waals surface area contributed by atoms with Gasteiger partial charge in [0.15, 0.2) is 0 Å². The third-order valence-corrected chi connectivity index (χ3v) is 7.74. The Bertz CT molecular complexity index is 707. The molecular formula is C19H34N2O8S2. The summed E-state index contributed by atoms with van der Waals surface area (Å²) < 4.78 is 28.6. The third kappa shape index (κ3) is 9.46. The molecule has 0 saturated heterocycles. The van der Waals surface area contributed by atoms with Gasteiger partial charge in [-0.2, -0.15) is 0 Å². The van der Waals surface area contributed by atoms with E-state index in [9.17, 15) is 27.6 Å². The average molecular weight is 483 g/mol. The lowest BCUT2D eigenvalue weighted by Gasteiger charge is -2.26. The predicted molar refractivity (Wildman–Crippen MR) is 119 cm³/mol. The van der Waals surface area contributed by atoms with Crippen molar-refractivity contribution in [1.29, 1.82) is 0 Å². The molecule has 12 heteroatoms. The van der Waals surface area contributed by atoms with Crippen molar-refractivity contribution in [3.05, 3.63) is 0 Å². The Morgan fingerprint density at radius 3 is 1.94 bits per heavy atom. The first-order chi connectivity index (χ1) is 14.3. The molecule has 0 spiro atoms. The van der Waals surface area contributed by atoms with Crippen LogP contribution in [0.5, 0.6) is 0 Å². The molecule has 1 N–H and O–H groups in total. The summed E-state index contributed by atoms with van der Waals surface area (Å²) >= 11 is 0. The first-order valence-corrected chi connectivity index (χ1v) is 12.5. The van der Waals surface area contributed by atoms with Crippen molar-refractivity contribution in [3.8, 4) is 0 Å². The maximum atomic E-state index is 12.5. The quantitative estimate of drug-likeness (QED) is 0.417. The Balaban J connectivity index is 4.73. The molecule has 0 aromatic rings. The number of carboxylic acid groups (broad SMARTS) is 1. The fourth-order valence-corrected chi connectivity index (χ4v) is 4.91. The van der Waals surface area contributed by atoms with Crippen molar-refractivity contribution in [2.24, 2.45) is 0 Å². The molecule has 10 nitrogen and oxygen atoms in total. The Labute approximate surface area is 188 Å². The van der Waals surface area contributed by atoms with E-state index in [1.807, 2.05) is 0 Å². The van der Waals surface area contributed by atoms with Crippen LogP contribution in [0.15, 0.2) is 0 Å². The average Bonchev–Trinajstić information content (AvgIpc) is 2.69. The highest BCUT2D eigenvalue weighted by atomic mass is 32.2. The van der Waals surface area contributed by atoms with Crippen LogP contribution >= 0.6 is 0 Å². The summed E-state index contributed by atoms with van der Waals surface area (Å²) in [7, 11) is -3.95. The van der Waals surface area contributed by atoms with E-state index in [0.717, 1.165) is 0 Å². The predicted octanol–water partition coefficient (Wildman–Crippen LogP) is 1.96. The Kier molecular flexibility index (Phi) is 12.8. The van der Waals surface area contributed by atoms with Crippen LogP contribution in [-0.4, -0.2) is 88.5 Å². The molecule has 180 valence electrons. The second-order valence-corrected chi connectivity index (χ2v) is 11.2. The maximum Gasteiger partial charge on any atom is 0.312 e. The number of nitrogens with zero attached hydrogens (tertiary/aromatic N) is 2. The van der Waals surface area contributed by atoms with Gasteiger partial charge in [0, 0.05) is 19.6 Å². The number of ether oxygens (including phenoxy) is 1. The third-order valence-electron chi connectivity index (χ3n) is 4.51. The molecule has 0 saturated carbocycles. The van der Waals surface area contributed by atoms with Crippen molar-refractivity contribution in [2.75, 3.05) is 32.8 Å². The zero-order valence-corrected chi connectivity index (χ0v) is 20.7. The minimum atomic E-state index is -2.08. The van der Waals surface area contributed by atoms with Gasteiger partial charge in [-0.3, -0.25) is 19.2 Å². The van der Waals surface area contributed by atoms with E-state index in [-0.39, 0.29) is 26.1 Å². The highest BCUT2D eigenvalue weighted by Gasteiger charge is 2.36. The minimum Gasteiger partial charge on any atom is -0.481 e. The summed E-state index contributed by atoms with van der Waals surface area (Å²) in [5.74, 6) is -1.82. The normalized spacial score (nSPS) is 14.3. The molecule has 0 fully saturated rings. The second-order valence-electron chi connectivity index (χ2n) is 7.42. The molecule has 0 rings (SSSR count). The van der Waals surface area contributed by atoms with Crippen LogP contribution in [0.1, 0.15) is 54.4 Å². The maximum absolute atomic E-state index is 12.5. The molecule has 2 amide bonds. The van der Waals surface area contributed by atoms with E-state index in [4.69, 9.17) is 9.84 Å². The minimum absolute atomic E-state index is 0.0220. The SMILES string of the molecule is CCN(CC)C(=O)S(=O)C(C)CC(=O)OCCN(CC)C(=O)S(=O)C(C)(C)CC(=O)O. The number of carboxylic acids is 1. The highest BCUT2D eigenvalue weighted by molar-refractivity contribution is 8.01. The first-order valence-electron chi connectivity index (χ1n) is 10.1. The van der Waals surface area contributed by atoms with Crippen LogP contribution < -0.4 is 0 Å². The number of hydrogen-bond donors (Lipinski definition) is 1. The summed E-state index contributed by atoms with van der Waals surface area (Å²) in [4.78, 5) is 50.2. The molecule has 0 aliphatic heterocycles. The largest absolute Gasteiger partial charge is 0.481 e. The molecule has 0 aliphatic carbocycles. The summed E-state index contributed by atoms with van der Waals surface area (Å²) in [6.07, 6.45) is -0.656. The fraction of sp³-hybridized carbons (Fsp3) is 0.789. The van der Waals surface area contributed by atoms with Gasteiger partial charge in [0.2, 0.25) is 0 Å². The van der Waals surface area contributed by atoms with E-state index in [1.165, 1.54) is 30.6 Å². The molecule has 0 bridgehead atoms. The monoisotopic (exact) mass is 482 g/mol. The lowest BCUT2D eigenvalue weighted by molar-refractivity contribution is -0.143. The summed E-state index contributed by atoms with van der Waals surface area (Å²) in [6, 6.07) is 0. The van der Waals surface area contributed by atoms with E-state index in [1.54, 1.807) is 20.8 Å². The number of amides is 2. The molecule has 0 aromatic heterocycles. The topological polar surface area (TPSA) is 138 Å². The van der Waals surface area contributed by atoms with E-state index < -0.39 is 60.4 Å². The number of hydrogen-bond acceptors (Lipinski definition) is 7. The molecule has 0 radical (unpaired) electrons. The van der Waals surface area contributed by atoms with Gasteiger partial charge >= 0.3 is 22.4 Å². The van der Waals surface area contributed by atoms with Gasteiger partial charge in [-0.05, 0) is 41.5 Å². The smallest absolute Gasteiger partial charge is 0.312 e. The number of carbonyl (C=O) groups excluding carboxylic acids is 3. The van der Waals surface area contributed by atoms with Gasteiger partial charge in [-0.25, -0.2) is 8.42 Å². The lowest BCUT2D eigenvalue weighted by atomic mass is 10.1. The van der Waals surface area contributed by atoms with Gasteiger partial charge in [0.05, 0.1) is 29.4 Å². The van der Waals surface area contributed by atoms with Crippen LogP contribution in [0.2, 0.25) is 0 Å². The number of carbonyl (C=O) groups is 4. The summed E-state index contributed by atoms with van der Waals surface area (Å²) in [5.41, 5.74) is 0. The Hall–Kier alpha value is -1.82. The van der Waals surface area contributed by atoms with Crippen LogP contribution in [0.3, 0.4) is 0 Å². The molecule has 3 atom stereocenters. The standard InChI is InChI=1S/C19H34N2O8S2/c1-7-20(8-2)17(25)30(27)14(4)12-16(24)29-11-10-21(9-3)18(26)31(28)19(5,6)13-15(22)23/h14H,7-13H2,1-6H3,(H,22,23). The first kappa shape index (κ1) is 29.2. The van der Waals surface area contributed by atoms with Crippen molar-refractivity contribution in [2.45, 2.75) is 64.4 Å². The van der Waals surface area contributed by atoms with Crippen LogP contribution in [0.4, 0.5) is 9.59 Å². The van der Waals surface area contributed by atoms with Gasteiger partial charge < -0.3 is 19.6 Å². The highest BCUT2D eigenvalue weighted by Crippen LogP contribution is 2.20. The molecule has 0 aromatic carbocycles. The van der Waals surface area contributed by atoms with Gasteiger partial charge in [-0.15, -0.1) is 0 Å². The number of likely N-dealkylation sites (N-methyl/N-ethyl adjacent to an activating group) is 1. The Morgan fingerprint density at radius 2 is 1.48 bits per heavy atom. The fourth-order valence-electron chi connectivity index (χ4n) is 2.58. The van der Waals surface area contributed by atoms with Crippen molar-refractivity contribution in [3.63, 3.8) is 0 Å². The summed E-state index contributed by atoms with van der Waals surface area (Å²) in [6.45, 7) is 10.4. The van der Waals surface area contributed by atoms with E-state index >= 15 is 0 Å². The van der Waals surface area contributed by atoms with Crippen LogP contribution in [0.25, 0.3) is 0 Å². The molecule has 0 heterocycles. The Morgan fingerprint density at radius 1 is 0.968 bits per heavy atom. The molecular weight excluding hydrogens is 448 g/mol. The van der Waals surface area contributed by atoms with Crippen molar-refractivity contribution in [1.82, 2.24) is 9.80 Å². The number of rotatable bonds is 12. The van der Waals surface area contributed by atoms with Crippen LogP contribution in [0, 0.1) is 0 Å². The van der Waals surface area contributed by atoms with E-state index in [2.05, 4.69) is 0 Å². The van der Waals surface area contributed by atoms with Crippen molar-refractivity contribution < 1.29 is 37.4 Å². The lowest BCUT2D eigenvalue weighted by Crippen LogP contribution is -2.43.